The van der Waals surface area contributed by atoms with E-state index in [1.54, 1.807) is 13.8 Å². The fourth-order valence-corrected chi connectivity index (χ4v) is 1.53. The highest BCUT2D eigenvalue weighted by Gasteiger charge is 2.42. The zero-order chi connectivity index (χ0) is 12.2. The van der Waals surface area contributed by atoms with Gasteiger partial charge >= 0.3 is 0 Å². The molecule has 4 atom stereocenters. The van der Waals surface area contributed by atoms with Crippen LogP contribution >= 0.6 is 0 Å². The third kappa shape index (κ3) is 3.70. The quantitative estimate of drug-likeness (QED) is 0.391. The van der Waals surface area contributed by atoms with Gasteiger partial charge in [0, 0.05) is 6.61 Å². The van der Waals surface area contributed by atoms with Crippen molar-refractivity contribution < 1.29 is 25.5 Å². The van der Waals surface area contributed by atoms with Crippen LogP contribution in [0.5, 0.6) is 0 Å². The second-order valence-electron chi connectivity index (χ2n) is 4.44. The second-order valence-corrected chi connectivity index (χ2v) is 4.44. The number of rotatable bonds is 6. The van der Waals surface area contributed by atoms with Crippen LogP contribution in [0.15, 0.2) is 0 Å². The summed E-state index contributed by atoms with van der Waals surface area (Å²) in [6.45, 7) is 4.38. The van der Waals surface area contributed by atoms with Crippen LogP contribution in [0.1, 0.15) is 27.2 Å². The first-order valence-electron chi connectivity index (χ1n) is 5.12. The zero-order valence-corrected chi connectivity index (χ0v) is 9.46. The maximum atomic E-state index is 9.88. The van der Waals surface area contributed by atoms with Crippen LogP contribution in [-0.4, -0.2) is 56.1 Å². The number of aliphatic hydroxyl groups excluding tert-OH is 4. The first-order chi connectivity index (χ1) is 6.75. The summed E-state index contributed by atoms with van der Waals surface area (Å²) >= 11 is 0. The van der Waals surface area contributed by atoms with Gasteiger partial charge in [0.1, 0.15) is 11.7 Å². The largest absolute Gasteiger partial charge is 0.396 e. The summed E-state index contributed by atoms with van der Waals surface area (Å²) in [5.41, 5.74) is -1.79. The third-order valence-corrected chi connectivity index (χ3v) is 2.62. The Balaban J connectivity index is 4.56. The second kappa shape index (κ2) is 5.77. The van der Waals surface area contributed by atoms with Crippen molar-refractivity contribution in [2.45, 2.75) is 51.1 Å². The van der Waals surface area contributed by atoms with Gasteiger partial charge < -0.3 is 25.5 Å². The molecule has 0 aliphatic heterocycles. The summed E-state index contributed by atoms with van der Waals surface area (Å²) < 4.78 is 0. The Hall–Kier alpha value is -0.200. The van der Waals surface area contributed by atoms with Crippen LogP contribution in [0, 0.1) is 5.92 Å². The minimum Gasteiger partial charge on any atom is -0.396 e. The van der Waals surface area contributed by atoms with Gasteiger partial charge in [-0.1, -0.05) is 13.8 Å². The average molecular weight is 222 g/mol. The summed E-state index contributed by atoms with van der Waals surface area (Å²) in [5.74, 6) is -0.240. The van der Waals surface area contributed by atoms with E-state index in [2.05, 4.69) is 0 Å². The van der Waals surface area contributed by atoms with Crippen LogP contribution in [-0.2, 0) is 0 Å². The lowest BCUT2D eigenvalue weighted by Crippen LogP contribution is -2.56. The molecular weight excluding hydrogens is 200 g/mol. The first kappa shape index (κ1) is 14.8. The molecular formula is C10H22O5. The van der Waals surface area contributed by atoms with Crippen LogP contribution in [0.25, 0.3) is 0 Å². The molecule has 0 radical (unpaired) electrons. The van der Waals surface area contributed by atoms with Crippen molar-refractivity contribution in [3.05, 3.63) is 0 Å². The molecule has 0 aromatic rings. The molecule has 2 unspecified atom stereocenters. The molecule has 0 aromatic heterocycles. The summed E-state index contributed by atoms with van der Waals surface area (Å²) in [6.07, 6.45) is -3.91. The summed E-state index contributed by atoms with van der Waals surface area (Å²) in [7, 11) is 0. The first-order valence-corrected chi connectivity index (χ1v) is 5.12. The summed E-state index contributed by atoms with van der Waals surface area (Å²) in [4.78, 5) is 0. The lowest BCUT2D eigenvalue weighted by Gasteiger charge is -2.37. The molecule has 92 valence electrons. The molecule has 0 saturated carbocycles. The van der Waals surface area contributed by atoms with Crippen molar-refractivity contribution >= 4 is 0 Å². The van der Waals surface area contributed by atoms with Crippen molar-refractivity contribution in [2.24, 2.45) is 5.92 Å². The number of hydrogen-bond acceptors (Lipinski definition) is 5. The van der Waals surface area contributed by atoms with Gasteiger partial charge in [-0.15, -0.1) is 0 Å². The molecule has 0 saturated heterocycles. The average Bonchev–Trinajstić information content (AvgIpc) is 2.15. The van der Waals surface area contributed by atoms with E-state index in [0.29, 0.717) is 0 Å². The summed E-state index contributed by atoms with van der Waals surface area (Å²) in [5, 5.41) is 47.1. The maximum absolute atomic E-state index is 9.88. The highest BCUT2D eigenvalue weighted by molar-refractivity contribution is 4.93. The molecule has 0 aliphatic carbocycles. The Morgan fingerprint density at radius 1 is 1.07 bits per heavy atom. The van der Waals surface area contributed by atoms with E-state index in [4.69, 9.17) is 5.11 Å². The topological polar surface area (TPSA) is 101 Å². The molecule has 0 amide bonds. The lowest BCUT2D eigenvalue weighted by molar-refractivity contribution is -0.179. The van der Waals surface area contributed by atoms with Gasteiger partial charge in [0.2, 0.25) is 0 Å². The molecule has 0 fully saturated rings. The van der Waals surface area contributed by atoms with Gasteiger partial charge in [-0.3, -0.25) is 0 Å². The Labute approximate surface area is 90.0 Å². The normalized spacial score (nSPS) is 22.2. The standard InChI is InChI=1S/C10H22O5/c1-6(2)8(13)10(3,15)9(14)7(12)4-5-11/h6-9,11-15H,4-5H2,1-3H3/t7-,8-,9?,10?/m0/s1. The molecule has 5 N–H and O–H groups in total. The molecule has 0 rings (SSSR count). The Morgan fingerprint density at radius 2 is 1.53 bits per heavy atom. The van der Waals surface area contributed by atoms with Crippen molar-refractivity contribution in [3.8, 4) is 0 Å². The highest BCUT2D eigenvalue weighted by Crippen LogP contribution is 2.24. The van der Waals surface area contributed by atoms with E-state index in [-0.39, 0.29) is 18.9 Å². The minimum atomic E-state index is -1.79. The van der Waals surface area contributed by atoms with E-state index in [9.17, 15) is 20.4 Å². The van der Waals surface area contributed by atoms with Crippen molar-refractivity contribution in [2.75, 3.05) is 6.61 Å². The summed E-state index contributed by atoms with van der Waals surface area (Å²) in [6, 6.07) is 0. The van der Waals surface area contributed by atoms with Gasteiger partial charge in [0.15, 0.2) is 0 Å². The molecule has 0 spiro atoms. The Bertz CT molecular complexity index is 181. The van der Waals surface area contributed by atoms with Crippen molar-refractivity contribution in [1.82, 2.24) is 0 Å². The van der Waals surface area contributed by atoms with Crippen LogP contribution < -0.4 is 0 Å². The van der Waals surface area contributed by atoms with Gasteiger partial charge in [-0.05, 0) is 19.3 Å². The predicted octanol–water partition coefficient (Wildman–Crippen LogP) is -1.14. The van der Waals surface area contributed by atoms with E-state index in [0.717, 1.165) is 0 Å². The Kier molecular flexibility index (Phi) is 5.69. The van der Waals surface area contributed by atoms with Crippen molar-refractivity contribution in [3.63, 3.8) is 0 Å². The molecule has 15 heavy (non-hydrogen) atoms. The van der Waals surface area contributed by atoms with Crippen LogP contribution in [0.2, 0.25) is 0 Å². The third-order valence-electron chi connectivity index (χ3n) is 2.62. The Morgan fingerprint density at radius 3 is 1.87 bits per heavy atom. The van der Waals surface area contributed by atoms with E-state index in [1.807, 2.05) is 0 Å². The minimum absolute atomic E-state index is 0.0396. The van der Waals surface area contributed by atoms with Gasteiger partial charge in [0.05, 0.1) is 12.2 Å². The maximum Gasteiger partial charge on any atom is 0.116 e. The molecule has 5 heteroatoms. The molecule has 0 aromatic carbocycles. The van der Waals surface area contributed by atoms with E-state index in [1.165, 1.54) is 6.92 Å². The van der Waals surface area contributed by atoms with Gasteiger partial charge in [-0.2, -0.15) is 0 Å². The van der Waals surface area contributed by atoms with Gasteiger partial charge in [0.25, 0.3) is 0 Å². The van der Waals surface area contributed by atoms with Crippen LogP contribution in [0.3, 0.4) is 0 Å². The molecule has 5 nitrogen and oxygen atoms in total. The van der Waals surface area contributed by atoms with E-state index >= 15 is 0 Å². The SMILES string of the molecule is CC(C)[C@H](O)C(C)(O)C(O)[C@@H](O)CCO. The number of aliphatic hydroxyl groups is 5. The highest BCUT2D eigenvalue weighted by atomic mass is 16.4. The van der Waals surface area contributed by atoms with E-state index < -0.39 is 23.9 Å². The van der Waals surface area contributed by atoms with Gasteiger partial charge in [-0.25, -0.2) is 0 Å². The molecule has 0 heterocycles. The fourth-order valence-electron chi connectivity index (χ4n) is 1.53. The zero-order valence-electron chi connectivity index (χ0n) is 9.46. The van der Waals surface area contributed by atoms with Crippen molar-refractivity contribution in [1.29, 1.82) is 0 Å². The lowest BCUT2D eigenvalue weighted by atomic mass is 9.83. The fraction of sp³-hybridized carbons (Fsp3) is 1.00. The van der Waals surface area contributed by atoms with Crippen LogP contribution in [0.4, 0.5) is 0 Å². The smallest absolute Gasteiger partial charge is 0.116 e. The predicted molar refractivity (Wildman–Crippen MR) is 55.2 cm³/mol. The molecule has 0 bridgehead atoms. The number of hydrogen-bond donors (Lipinski definition) is 5. The monoisotopic (exact) mass is 222 g/mol. The molecule has 0 aliphatic rings.